The van der Waals surface area contributed by atoms with E-state index in [1.54, 1.807) is 17.4 Å². The molecule has 0 saturated heterocycles. The molecule has 0 bridgehead atoms. The number of fused-ring (bicyclic) bond motifs is 1. The van der Waals surface area contributed by atoms with Crippen LogP contribution in [0.4, 0.5) is 0 Å². The topological polar surface area (TPSA) is 70.4 Å². The quantitative estimate of drug-likeness (QED) is 0.771. The molecule has 0 amide bonds. The SMILES string of the molecule is CCCc1c(O)n2nc(-c3cccs3)cc2[nH]c1=O. The Balaban J connectivity index is 2.23. The van der Waals surface area contributed by atoms with Gasteiger partial charge in [-0.15, -0.1) is 11.3 Å². The maximum absolute atomic E-state index is 11.9. The van der Waals surface area contributed by atoms with E-state index in [1.165, 1.54) is 4.52 Å². The molecule has 19 heavy (non-hydrogen) atoms. The van der Waals surface area contributed by atoms with Crippen molar-refractivity contribution in [2.45, 2.75) is 19.8 Å². The van der Waals surface area contributed by atoms with Gasteiger partial charge in [-0.05, 0) is 17.9 Å². The van der Waals surface area contributed by atoms with Crippen LogP contribution in [0.1, 0.15) is 18.9 Å². The van der Waals surface area contributed by atoms with E-state index in [4.69, 9.17) is 0 Å². The second-order valence-corrected chi connectivity index (χ2v) is 5.26. The molecule has 2 N–H and O–H groups in total. The number of nitrogens with zero attached hydrogens (tertiary/aromatic N) is 2. The highest BCUT2D eigenvalue weighted by Crippen LogP contribution is 2.25. The predicted molar refractivity (Wildman–Crippen MR) is 74.8 cm³/mol. The zero-order chi connectivity index (χ0) is 13.4. The van der Waals surface area contributed by atoms with E-state index >= 15 is 0 Å². The molecule has 0 aliphatic carbocycles. The number of nitrogens with one attached hydrogen (secondary N) is 1. The maximum atomic E-state index is 11.9. The Hall–Kier alpha value is -2.08. The molecule has 3 aromatic heterocycles. The van der Waals surface area contributed by atoms with Gasteiger partial charge in [0.1, 0.15) is 11.3 Å². The van der Waals surface area contributed by atoms with Crippen molar-refractivity contribution in [2.75, 3.05) is 0 Å². The predicted octanol–water partition coefficient (Wildman–Crippen LogP) is 2.41. The number of hydrogen-bond donors (Lipinski definition) is 2. The third kappa shape index (κ3) is 1.94. The van der Waals surface area contributed by atoms with Crippen molar-refractivity contribution in [3.8, 4) is 16.5 Å². The van der Waals surface area contributed by atoms with Gasteiger partial charge in [-0.25, -0.2) is 0 Å². The molecule has 0 unspecified atom stereocenters. The smallest absolute Gasteiger partial charge is 0.258 e. The molecule has 98 valence electrons. The molecule has 0 aliphatic rings. The lowest BCUT2D eigenvalue weighted by Gasteiger charge is -2.03. The fraction of sp³-hybridized carbons (Fsp3) is 0.231. The average Bonchev–Trinajstić information content (AvgIpc) is 3.02. The van der Waals surface area contributed by atoms with Gasteiger partial charge in [-0.2, -0.15) is 9.61 Å². The van der Waals surface area contributed by atoms with Crippen LogP contribution >= 0.6 is 11.3 Å². The first kappa shape index (κ1) is 12.0. The van der Waals surface area contributed by atoms with Crippen molar-refractivity contribution < 1.29 is 5.11 Å². The molecule has 3 heterocycles. The first-order valence-electron chi connectivity index (χ1n) is 6.08. The summed E-state index contributed by atoms with van der Waals surface area (Å²) in [6, 6.07) is 5.66. The molecule has 0 radical (unpaired) electrons. The molecule has 0 aromatic carbocycles. The second kappa shape index (κ2) is 4.55. The van der Waals surface area contributed by atoms with Crippen LogP contribution < -0.4 is 5.56 Å². The van der Waals surface area contributed by atoms with E-state index in [2.05, 4.69) is 10.1 Å². The highest BCUT2D eigenvalue weighted by molar-refractivity contribution is 7.13. The summed E-state index contributed by atoms with van der Waals surface area (Å²) in [7, 11) is 0. The van der Waals surface area contributed by atoms with E-state index in [9.17, 15) is 9.90 Å². The van der Waals surface area contributed by atoms with Crippen LogP contribution in [0.5, 0.6) is 5.88 Å². The van der Waals surface area contributed by atoms with E-state index < -0.39 is 0 Å². The van der Waals surface area contributed by atoms with Crippen LogP contribution in [-0.2, 0) is 6.42 Å². The van der Waals surface area contributed by atoms with Gasteiger partial charge in [-0.1, -0.05) is 19.4 Å². The number of rotatable bonds is 3. The summed E-state index contributed by atoms with van der Waals surface area (Å²) in [5, 5.41) is 16.5. The molecular weight excluding hydrogens is 262 g/mol. The highest BCUT2D eigenvalue weighted by Gasteiger charge is 2.14. The Labute approximate surface area is 113 Å². The Morgan fingerprint density at radius 2 is 2.37 bits per heavy atom. The Kier molecular flexibility index (Phi) is 2.87. The molecule has 3 rings (SSSR count). The summed E-state index contributed by atoms with van der Waals surface area (Å²) in [5.41, 5.74) is 1.39. The normalized spacial score (nSPS) is 11.2. The summed E-state index contributed by atoms with van der Waals surface area (Å²) in [5.74, 6) is -0.0663. The van der Waals surface area contributed by atoms with Crippen molar-refractivity contribution in [3.63, 3.8) is 0 Å². The van der Waals surface area contributed by atoms with Crippen LogP contribution in [0.3, 0.4) is 0 Å². The van der Waals surface area contributed by atoms with Crippen LogP contribution in [0, 0.1) is 0 Å². The van der Waals surface area contributed by atoms with Gasteiger partial charge in [0.2, 0.25) is 5.88 Å². The van der Waals surface area contributed by atoms with Crippen LogP contribution in [-0.4, -0.2) is 19.7 Å². The minimum absolute atomic E-state index is 0.0663. The van der Waals surface area contributed by atoms with Gasteiger partial charge < -0.3 is 10.1 Å². The zero-order valence-corrected chi connectivity index (χ0v) is 11.2. The van der Waals surface area contributed by atoms with Crippen molar-refractivity contribution in [2.24, 2.45) is 0 Å². The van der Waals surface area contributed by atoms with E-state index in [-0.39, 0.29) is 11.4 Å². The highest BCUT2D eigenvalue weighted by atomic mass is 32.1. The summed E-state index contributed by atoms with van der Waals surface area (Å²) < 4.78 is 1.39. The van der Waals surface area contributed by atoms with Gasteiger partial charge in [0, 0.05) is 6.07 Å². The third-order valence-electron chi connectivity index (χ3n) is 2.97. The Morgan fingerprint density at radius 1 is 1.53 bits per heavy atom. The minimum Gasteiger partial charge on any atom is -0.493 e. The van der Waals surface area contributed by atoms with Gasteiger partial charge >= 0.3 is 0 Å². The van der Waals surface area contributed by atoms with E-state index in [0.717, 1.165) is 17.0 Å². The monoisotopic (exact) mass is 275 g/mol. The number of aromatic nitrogens is 3. The average molecular weight is 275 g/mol. The van der Waals surface area contributed by atoms with Gasteiger partial charge in [0.15, 0.2) is 0 Å². The van der Waals surface area contributed by atoms with Crippen molar-refractivity contribution >= 4 is 17.0 Å². The molecular formula is C13H13N3O2S. The fourth-order valence-corrected chi connectivity index (χ4v) is 2.75. The van der Waals surface area contributed by atoms with Crippen LogP contribution in [0.15, 0.2) is 28.4 Å². The zero-order valence-electron chi connectivity index (χ0n) is 10.4. The van der Waals surface area contributed by atoms with Crippen molar-refractivity contribution in [1.29, 1.82) is 0 Å². The lowest BCUT2D eigenvalue weighted by molar-refractivity contribution is 0.426. The second-order valence-electron chi connectivity index (χ2n) is 4.31. The number of thiophene rings is 1. The third-order valence-corrected chi connectivity index (χ3v) is 3.86. The first-order chi connectivity index (χ1) is 9.20. The van der Waals surface area contributed by atoms with Gasteiger partial charge in [-0.3, -0.25) is 4.79 Å². The number of H-pyrrole nitrogens is 1. The standard InChI is InChI=1S/C13H13N3O2S/c1-2-4-8-12(17)14-11-7-9(10-5-3-6-19-10)15-16(11)13(8)18/h3,5-7,18H,2,4H2,1H3,(H,14,17). The molecule has 0 saturated carbocycles. The number of hydrogen-bond acceptors (Lipinski definition) is 4. The maximum Gasteiger partial charge on any atom is 0.258 e. The molecule has 6 heteroatoms. The van der Waals surface area contributed by atoms with E-state index in [0.29, 0.717) is 17.6 Å². The fourth-order valence-electron chi connectivity index (χ4n) is 2.07. The molecule has 0 atom stereocenters. The van der Waals surface area contributed by atoms with Crippen LogP contribution in [0.25, 0.3) is 16.2 Å². The summed E-state index contributed by atoms with van der Waals surface area (Å²) in [6.45, 7) is 1.96. The Morgan fingerprint density at radius 3 is 3.05 bits per heavy atom. The molecule has 0 aliphatic heterocycles. The molecule has 3 aromatic rings. The Bertz CT molecular complexity index is 771. The first-order valence-corrected chi connectivity index (χ1v) is 6.96. The largest absolute Gasteiger partial charge is 0.493 e. The lowest BCUT2D eigenvalue weighted by atomic mass is 10.2. The lowest BCUT2D eigenvalue weighted by Crippen LogP contribution is -2.15. The van der Waals surface area contributed by atoms with Gasteiger partial charge in [0.05, 0.1) is 10.4 Å². The molecule has 0 spiro atoms. The van der Waals surface area contributed by atoms with E-state index in [1.807, 2.05) is 24.4 Å². The van der Waals surface area contributed by atoms with Crippen molar-refractivity contribution in [3.05, 3.63) is 39.5 Å². The number of aromatic hydroxyl groups is 1. The molecule has 5 nitrogen and oxygen atoms in total. The van der Waals surface area contributed by atoms with Crippen LogP contribution in [0.2, 0.25) is 0 Å². The molecule has 0 fully saturated rings. The minimum atomic E-state index is -0.246. The summed E-state index contributed by atoms with van der Waals surface area (Å²) in [6.07, 6.45) is 1.33. The van der Waals surface area contributed by atoms with Gasteiger partial charge in [0.25, 0.3) is 5.56 Å². The number of aromatic amines is 1. The summed E-state index contributed by atoms with van der Waals surface area (Å²) >= 11 is 1.57. The summed E-state index contributed by atoms with van der Waals surface area (Å²) in [4.78, 5) is 15.6. The van der Waals surface area contributed by atoms with Crippen molar-refractivity contribution in [1.82, 2.24) is 14.6 Å².